The fourth-order valence-electron chi connectivity index (χ4n) is 7.28. The van der Waals surface area contributed by atoms with Crippen LogP contribution in [0.3, 0.4) is 0 Å². The quantitative estimate of drug-likeness (QED) is 0.203. The molecule has 43 heavy (non-hydrogen) atoms. The minimum atomic E-state index is -0.0161. The third-order valence-corrected chi connectivity index (χ3v) is 9.41. The first-order chi connectivity index (χ1) is 21.1. The molecule has 0 radical (unpaired) electrons. The van der Waals surface area contributed by atoms with Crippen LogP contribution in [-0.2, 0) is 5.41 Å². The summed E-state index contributed by atoms with van der Waals surface area (Å²) >= 11 is 0. The standard InChI is InChI=1S/C41H29NO/c1-41(2)37-14-8-6-12-32(37)35-24-30(19-21-38(35)41)42(28-10-4-3-5-11-28)29-18-20-31-26(22-29)16-17-27-23-40-36(25-34(27)31)33-13-7-9-15-39(33)43-40/h3-25H,1-2H3. The van der Waals surface area contributed by atoms with E-state index in [2.05, 4.69) is 146 Å². The van der Waals surface area contributed by atoms with Crippen molar-refractivity contribution in [3.05, 3.63) is 151 Å². The van der Waals surface area contributed by atoms with Crippen LogP contribution in [0, 0.1) is 0 Å². The molecule has 204 valence electrons. The monoisotopic (exact) mass is 551 g/mol. The van der Waals surface area contributed by atoms with Crippen LogP contribution in [0.15, 0.2) is 144 Å². The van der Waals surface area contributed by atoms with Gasteiger partial charge in [-0.3, -0.25) is 0 Å². The van der Waals surface area contributed by atoms with Gasteiger partial charge in [0.25, 0.3) is 0 Å². The molecular weight excluding hydrogens is 522 g/mol. The molecule has 0 unspecified atom stereocenters. The van der Waals surface area contributed by atoms with Crippen molar-refractivity contribution >= 4 is 60.5 Å². The Kier molecular flexibility index (Phi) is 4.99. The zero-order valence-electron chi connectivity index (χ0n) is 24.1. The summed E-state index contributed by atoms with van der Waals surface area (Å²) in [5.41, 5.74) is 10.7. The van der Waals surface area contributed by atoms with Crippen molar-refractivity contribution in [3.8, 4) is 11.1 Å². The third-order valence-electron chi connectivity index (χ3n) is 9.41. The van der Waals surface area contributed by atoms with Crippen LogP contribution in [0.5, 0.6) is 0 Å². The molecule has 2 nitrogen and oxygen atoms in total. The highest BCUT2D eigenvalue weighted by atomic mass is 16.3. The molecule has 0 aliphatic heterocycles. The lowest BCUT2D eigenvalue weighted by atomic mass is 9.82. The first-order valence-corrected chi connectivity index (χ1v) is 14.9. The summed E-state index contributed by atoms with van der Waals surface area (Å²) in [5.74, 6) is 0. The molecule has 0 fully saturated rings. The highest BCUT2D eigenvalue weighted by Gasteiger charge is 2.35. The largest absolute Gasteiger partial charge is 0.456 e. The smallest absolute Gasteiger partial charge is 0.136 e. The van der Waals surface area contributed by atoms with Gasteiger partial charge in [0.1, 0.15) is 11.2 Å². The number of furan rings is 1. The predicted octanol–water partition coefficient (Wildman–Crippen LogP) is 11.7. The Balaban J connectivity index is 1.23. The van der Waals surface area contributed by atoms with Gasteiger partial charge in [-0.25, -0.2) is 0 Å². The van der Waals surface area contributed by atoms with Gasteiger partial charge in [-0.15, -0.1) is 0 Å². The van der Waals surface area contributed by atoms with Crippen molar-refractivity contribution in [1.29, 1.82) is 0 Å². The number of rotatable bonds is 3. The van der Waals surface area contributed by atoms with E-state index < -0.39 is 0 Å². The lowest BCUT2D eigenvalue weighted by Gasteiger charge is -2.27. The second kappa shape index (κ2) is 8.83. The van der Waals surface area contributed by atoms with Crippen LogP contribution in [0.1, 0.15) is 25.0 Å². The number of benzene rings is 7. The van der Waals surface area contributed by atoms with E-state index in [1.54, 1.807) is 0 Å². The molecule has 0 N–H and O–H groups in total. The molecule has 0 atom stereocenters. The Morgan fingerprint density at radius 3 is 2.02 bits per heavy atom. The lowest BCUT2D eigenvalue weighted by Crippen LogP contribution is -2.15. The molecule has 0 saturated carbocycles. The van der Waals surface area contributed by atoms with Crippen LogP contribution < -0.4 is 4.90 Å². The van der Waals surface area contributed by atoms with Gasteiger partial charge in [0, 0.05) is 33.2 Å². The molecule has 2 heteroatoms. The molecule has 0 spiro atoms. The molecule has 1 aliphatic rings. The number of hydrogen-bond donors (Lipinski definition) is 0. The van der Waals surface area contributed by atoms with Crippen molar-refractivity contribution in [2.45, 2.75) is 19.3 Å². The van der Waals surface area contributed by atoms with Gasteiger partial charge in [-0.2, -0.15) is 0 Å². The van der Waals surface area contributed by atoms with E-state index in [9.17, 15) is 0 Å². The van der Waals surface area contributed by atoms with Gasteiger partial charge >= 0.3 is 0 Å². The highest BCUT2D eigenvalue weighted by Crippen LogP contribution is 2.50. The van der Waals surface area contributed by atoms with Crippen LogP contribution >= 0.6 is 0 Å². The van der Waals surface area contributed by atoms with Crippen LogP contribution in [0.4, 0.5) is 17.1 Å². The molecule has 0 amide bonds. The summed E-state index contributed by atoms with van der Waals surface area (Å²) < 4.78 is 6.18. The predicted molar refractivity (Wildman–Crippen MR) is 181 cm³/mol. The SMILES string of the molecule is CC1(C)c2ccccc2-c2cc(N(c3ccccc3)c3ccc4c(ccc5cc6oc7ccccc7c6cc54)c3)ccc21. The van der Waals surface area contributed by atoms with Gasteiger partial charge in [0.05, 0.1) is 0 Å². The molecule has 0 bridgehead atoms. The Bertz CT molecular complexity index is 2380. The van der Waals surface area contributed by atoms with Crippen LogP contribution in [-0.4, -0.2) is 0 Å². The van der Waals surface area contributed by atoms with E-state index in [1.807, 2.05) is 12.1 Å². The van der Waals surface area contributed by atoms with E-state index in [1.165, 1.54) is 43.8 Å². The van der Waals surface area contributed by atoms with Crippen LogP contribution in [0.2, 0.25) is 0 Å². The second-order valence-corrected chi connectivity index (χ2v) is 12.2. The normalized spacial score (nSPS) is 13.5. The molecule has 0 saturated heterocycles. The molecular formula is C41H29NO. The van der Waals surface area contributed by atoms with E-state index in [0.717, 1.165) is 39.0 Å². The maximum absolute atomic E-state index is 6.18. The number of nitrogens with zero attached hydrogens (tertiary/aromatic N) is 1. The molecule has 1 heterocycles. The summed E-state index contributed by atoms with van der Waals surface area (Å²) in [5, 5.41) is 7.20. The first kappa shape index (κ1) is 24.3. The van der Waals surface area contributed by atoms with Gasteiger partial charge in [0.2, 0.25) is 0 Å². The van der Waals surface area contributed by atoms with Gasteiger partial charge in [-0.1, -0.05) is 98.8 Å². The fourth-order valence-corrected chi connectivity index (χ4v) is 7.28. The third kappa shape index (κ3) is 3.53. The molecule has 1 aromatic heterocycles. The Hall–Kier alpha value is -5.34. The topological polar surface area (TPSA) is 16.4 Å². The molecule has 1 aliphatic carbocycles. The minimum absolute atomic E-state index is 0.0161. The number of hydrogen-bond acceptors (Lipinski definition) is 2. The summed E-state index contributed by atoms with van der Waals surface area (Å²) in [7, 11) is 0. The highest BCUT2D eigenvalue weighted by molar-refractivity contribution is 6.16. The summed E-state index contributed by atoms with van der Waals surface area (Å²) in [6.07, 6.45) is 0. The molecule has 9 rings (SSSR count). The number of fused-ring (bicyclic) bond motifs is 9. The first-order valence-electron chi connectivity index (χ1n) is 14.9. The van der Waals surface area contributed by atoms with E-state index in [4.69, 9.17) is 4.42 Å². The van der Waals surface area contributed by atoms with Crippen LogP contribution in [0.25, 0.3) is 54.6 Å². The lowest BCUT2D eigenvalue weighted by molar-refractivity contribution is 0.660. The molecule has 8 aromatic rings. The maximum atomic E-state index is 6.18. The van der Waals surface area contributed by atoms with Crippen molar-refractivity contribution in [1.82, 2.24) is 0 Å². The zero-order chi connectivity index (χ0) is 28.7. The van der Waals surface area contributed by atoms with E-state index in [0.29, 0.717) is 0 Å². The van der Waals surface area contributed by atoms with E-state index >= 15 is 0 Å². The number of para-hydroxylation sites is 2. The van der Waals surface area contributed by atoms with Gasteiger partial charge in [0.15, 0.2) is 0 Å². The zero-order valence-corrected chi connectivity index (χ0v) is 24.1. The Labute approximate surface area is 250 Å². The van der Waals surface area contributed by atoms with Gasteiger partial charge < -0.3 is 9.32 Å². The summed E-state index contributed by atoms with van der Waals surface area (Å²) in [4.78, 5) is 2.38. The maximum Gasteiger partial charge on any atom is 0.136 e. The average molecular weight is 552 g/mol. The number of anilines is 3. The fraction of sp³-hybridized carbons (Fsp3) is 0.0732. The Morgan fingerprint density at radius 1 is 0.442 bits per heavy atom. The summed E-state index contributed by atoms with van der Waals surface area (Å²) in [6, 6.07) is 50.6. The second-order valence-electron chi connectivity index (χ2n) is 12.2. The Morgan fingerprint density at radius 2 is 1.14 bits per heavy atom. The van der Waals surface area contributed by atoms with E-state index in [-0.39, 0.29) is 5.41 Å². The van der Waals surface area contributed by atoms with Gasteiger partial charge in [-0.05, 0) is 98.4 Å². The van der Waals surface area contributed by atoms with Crippen molar-refractivity contribution in [3.63, 3.8) is 0 Å². The van der Waals surface area contributed by atoms with Crippen molar-refractivity contribution in [2.75, 3.05) is 4.90 Å². The van der Waals surface area contributed by atoms with Crippen molar-refractivity contribution < 1.29 is 4.42 Å². The molecule has 7 aromatic carbocycles. The minimum Gasteiger partial charge on any atom is -0.456 e. The van der Waals surface area contributed by atoms with Crippen molar-refractivity contribution in [2.24, 2.45) is 0 Å². The summed E-state index contributed by atoms with van der Waals surface area (Å²) in [6.45, 7) is 4.67. The average Bonchev–Trinajstić information content (AvgIpc) is 3.52.